The average Bonchev–Trinajstić information content (AvgIpc) is 3.44. The third-order valence-electron chi connectivity index (χ3n) is 7.55. The number of hydrogen-bond acceptors (Lipinski definition) is 8. The molecular formula is C26H32F3N7O3. The molecule has 210 valence electrons. The van der Waals surface area contributed by atoms with E-state index in [1.807, 2.05) is 0 Å². The fourth-order valence-corrected chi connectivity index (χ4v) is 5.46. The summed E-state index contributed by atoms with van der Waals surface area (Å²) in [5, 5.41) is 8.93. The van der Waals surface area contributed by atoms with Crippen LogP contribution in [0.15, 0.2) is 18.3 Å². The van der Waals surface area contributed by atoms with Crippen molar-refractivity contribution in [3.63, 3.8) is 0 Å². The Bertz CT molecular complexity index is 1250. The molecule has 3 N–H and O–H groups in total. The molecule has 2 aromatic rings. The summed E-state index contributed by atoms with van der Waals surface area (Å²) >= 11 is 0. The van der Waals surface area contributed by atoms with Crippen molar-refractivity contribution in [3.8, 4) is 5.75 Å². The van der Waals surface area contributed by atoms with Gasteiger partial charge in [-0.1, -0.05) is 12.8 Å². The predicted molar refractivity (Wildman–Crippen MR) is 140 cm³/mol. The first-order chi connectivity index (χ1) is 18.7. The SMILES string of the molecule is COc1cc(C(=O)N[C@@H]2CCCNC2)c(F)cc1Nc1ncc2c(n1)N(C1CCCC1)CC(F)(F)C(=O)N2C. The van der Waals surface area contributed by atoms with Gasteiger partial charge in [-0.3, -0.25) is 9.59 Å². The molecule has 3 heterocycles. The maximum atomic E-state index is 15.1. The van der Waals surface area contributed by atoms with Gasteiger partial charge in [0.15, 0.2) is 5.82 Å². The van der Waals surface area contributed by atoms with E-state index in [9.17, 15) is 18.4 Å². The van der Waals surface area contributed by atoms with Crippen molar-refractivity contribution in [3.05, 3.63) is 29.7 Å². The molecule has 0 bridgehead atoms. The highest BCUT2D eigenvalue weighted by Gasteiger charge is 2.48. The second kappa shape index (κ2) is 10.9. The number of fused-ring (bicyclic) bond motifs is 1. The minimum Gasteiger partial charge on any atom is -0.495 e. The minimum atomic E-state index is -3.60. The molecule has 39 heavy (non-hydrogen) atoms. The van der Waals surface area contributed by atoms with Gasteiger partial charge in [-0.05, 0) is 38.3 Å². The number of rotatable bonds is 6. The molecule has 1 saturated heterocycles. The van der Waals surface area contributed by atoms with Crippen molar-refractivity contribution in [2.75, 3.05) is 48.9 Å². The lowest BCUT2D eigenvalue weighted by molar-refractivity contribution is -0.140. The van der Waals surface area contributed by atoms with E-state index in [-0.39, 0.29) is 46.5 Å². The number of halogens is 3. The highest BCUT2D eigenvalue weighted by atomic mass is 19.3. The fraction of sp³-hybridized carbons (Fsp3) is 0.538. The lowest BCUT2D eigenvalue weighted by Gasteiger charge is -2.31. The predicted octanol–water partition coefficient (Wildman–Crippen LogP) is 3.21. The summed E-state index contributed by atoms with van der Waals surface area (Å²) in [7, 11) is 2.66. The van der Waals surface area contributed by atoms with Crippen molar-refractivity contribution in [1.29, 1.82) is 0 Å². The van der Waals surface area contributed by atoms with Crippen molar-refractivity contribution >= 4 is 35.0 Å². The number of carbonyl (C=O) groups is 2. The van der Waals surface area contributed by atoms with Crippen LogP contribution < -0.4 is 30.5 Å². The average molecular weight is 548 g/mol. The molecule has 0 radical (unpaired) electrons. The van der Waals surface area contributed by atoms with Gasteiger partial charge in [0, 0.05) is 31.7 Å². The zero-order chi connectivity index (χ0) is 27.7. The number of ether oxygens (including phenoxy) is 1. The Morgan fingerprint density at radius 1 is 1.21 bits per heavy atom. The zero-order valence-corrected chi connectivity index (χ0v) is 21.9. The normalized spacial score (nSPS) is 21.4. The van der Waals surface area contributed by atoms with Crippen LogP contribution in [-0.2, 0) is 4.79 Å². The molecule has 13 heteroatoms. The van der Waals surface area contributed by atoms with E-state index in [1.54, 1.807) is 0 Å². The molecule has 1 aromatic carbocycles. The van der Waals surface area contributed by atoms with E-state index in [0.717, 1.165) is 43.2 Å². The summed E-state index contributed by atoms with van der Waals surface area (Å²) < 4.78 is 50.2. The van der Waals surface area contributed by atoms with Gasteiger partial charge >= 0.3 is 5.92 Å². The molecule has 0 spiro atoms. The number of benzene rings is 1. The van der Waals surface area contributed by atoms with E-state index in [0.29, 0.717) is 19.4 Å². The van der Waals surface area contributed by atoms with Crippen molar-refractivity contribution in [1.82, 2.24) is 20.6 Å². The molecule has 1 aliphatic carbocycles. The molecule has 2 fully saturated rings. The molecule has 1 saturated carbocycles. The van der Waals surface area contributed by atoms with Crippen LogP contribution in [0.2, 0.25) is 0 Å². The van der Waals surface area contributed by atoms with E-state index in [1.165, 1.54) is 31.3 Å². The summed E-state index contributed by atoms with van der Waals surface area (Å²) in [5.41, 5.74) is 0.152. The summed E-state index contributed by atoms with van der Waals surface area (Å²) in [6.07, 6.45) is 6.23. The standard InChI is InChI=1S/C26H32F3N7O3/c1-35-20-13-31-25(34-22(20)36(16-7-3-4-8-16)14-26(28,29)24(35)38)33-19-11-18(27)17(10-21(19)39-2)23(37)32-15-6-5-9-30-12-15/h10-11,13,15-16,30H,3-9,12,14H2,1-2H3,(H,32,37)(H,31,33,34)/t15-/m1/s1. The van der Waals surface area contributed by atoms with E-state index in [4.69, 9.17) is 4.74 Å². The van der Waals surface area contributed by atoms with E-state index < -0.39 is 30.1 Å². The first-order valence-corrected chi connectivity index (χ1v) is 13.1. The number of hydrogen-bond donors (Lipinski definition) is 3. The van der Waals surface area contributed by atoms with Crippen LogP contribution in [0, 0.1) is 5.82 Å². The van der Waals surface area contributed by atoms with Crippen LogP contribution in [0.5, 0.6) is 5.75 Å². The smallest absolute Gasteiger partial charge is 0.342 e. The largest absolute Gasteiger partial charge is 0.495 e. The third kappa shape index (κ3) is 5.45. The molecule has 5 rings (SSSR count). The van der Waals surface area contributed by atoms with Gasteiger partial charge in [0.05, 0.1) is 31.1 Å². The Balaban J connectivity index is 1.44. The summed E-state index contributed by atoms with van der Waals surface area (Å²) in [6, 6.07) is 2.12. The van der Waals surface area contributed by atoms with Crippen molar-refractivity contribution < 1.29 is 27.5 Å². The number of piperidine rings is 1. The second-order valence-corrected chi connectivity index (χ2v) is 10.2. The highest BCUT2D eigenvalue weighted by molar-refractivity contribution is 6.02. The summed E-state index contributed by atoms with van der Waals surface area (Å²) in [4.78, 5) is 36.3. The Hall–Kier alpha value is -3.61. The minimum absolute atomic E-state index is 0.00555. The fourth-order valence-electron chi connectivity index (χ4n) is 5.46. The molecule has 1 atom stereocenters. The molecule has 1 aromatic heterocycles. The number of methoxy groups -OCH3 is 1. The van der Waals surface area contributed by atoms with Crippen LogP contribution in [0.4, 0.5) is 36.3 Å². The number of anilines is 4. The van der Waals surface area contributed by atoms with Crippen molar-refractivity contribution in [2.45, 2.75) is 56.5 Å². The van der Waals surface area contributed by atoms with Crippen LogP contribution in [0.25, 0.3) is 0 Å². The Labute approximate surface area is 224 Å². The molecule has 2 aliphatic heterocycles. The lowest BCUT2D eigenvalue weighted by Crippen LogP contribution is -2.48. The molecular weight excluding hydrogens is 515 g/mol. The number of nitrogens with zero attached hydrogens (tertiary/aromatic N) is 4. The van der Waals surface area contributed by atoms with Crippen LogP contribution in [-0.4, -0.2) is 73.6 Å². The summed E-state index contributed by atoms with van der Waals surface area (Å²) in [5.74, 6) is -5.86. The molecule has 10 nitrogen and oxygen atoms in total. The number of nitrogens with one attached hydrogen (secondary N) is 3. The van der Waals surface area contributed by atoms with Gasteiger partial charge in [-0.2, -0.15) is 13.8 Å². The van der Waals surface area contributed by atoms with E-state index in [2.05, 4.69) is 25.9 Å². The third-order valence-corrected chi connectivity index (χ3v) is 7.55. The first-order valence-electron chi connectivity index (χ1n) is 13.1. The van der Waals surface area contributed by atoms with Gasteiger partial charge in [-0.25, -0.2) is 9.37 Å². The van der Waals surface area contributed by atoms with Gasteiger partial charge in [0.2, 0.25) is 5.95 Å². The molecule has 3 aliphatic rings. The number of carbonyl (C=O) groups excluding carboxylic acids is 2. The monoisotopic (exact) mass is 547 g/mol. The Morgan fingerprint density at radius 2 is 1.97 bits per heavy atom. The maximum Gasteiger partial charge on any atom is 0.342 e. The van der Waals surface area contributed by atoms with Gasteiger partial charge in [0.1, 0.15) is 17.3 Å². The first kappa shape index (κ1) is 27.0. The molecule has 2 amide bonds. The number of alkyl halides is 2. The zero-order valence-electron chi connectivity index (χ0n) is 21.9. The van der Waals surface area contributed by atoms with Crippen LogP contribution >= 0.6 is 0 Å². The van der Waals surface area contributed by atoms with E-state index >= 15 is 4.39 Å². The quantitative estimate of drug-likeness (QED) is 0.506. The second-order valence-electron chi connectivity index (χ2n) is 10.2. The van der Waals surface area contributed by atoms with Crippen LogP contribution in [0.1, 0.15) is 48.9 Å². The number of aromatic nitrogens is 2. The molecule has 0 unspecified atom stereocenters. The lowest BCUT2D eigenvalue weighted by atomic mass is 10.1. The highest BCUT2D eigenvalue weighted by Crippen LogP contribution is 2.40. The Morgan fingerprint density at radius 3 is 2.67 bits per heavy atom. The topological polar surface area (TPSA) is 112 Å². The van der Waals surface area contributed by atoms with Gasteiger partial charge < -0.3 is 30.5 Å². The summed E-state index contributed by atoms with van der Waals surface area (Å²) in [6.45, 7) is 0.708. The van der Waals surface area contributed by atoms with Gasteiger partial charge in [0.25, 0.3) is 11.8 Å². The number of amides is 2. The van der Waals surface area contributed by atoms with Crippen LogP contribution in [0.3, 0.4) is 0 Å². The Kier molecular flexibility index (Phi) is 7.52. The van der Waals surface area contributed by atoms with Gasteiger partial charge in [-0.15, -0.1) is 0 Å². The maximum absolute atomic E-state index is 15.1. The van der Waals surface area contributed by atoms with Crippen molar-refractivity contribution in [2.24, 2.45) is 0 Å².